The van der Waals surface area contributed by atoms with Gasteiger partial charge in [-0.1, -0.05) is 12.1 Å². The summed E-state index contributed by atoms with van der Waals surface area (Å²) in [5, 5.41) is 6.50. The molecule has 2 aromatic rings. The highest BCUT2D eigenvalue weighted by molar-refractivity contribution is 14.0. The predicted molar refractivity (Wildman–Crippen MR) is 111 cm³/mol. The predicted octanol–water partition coefficient (Wildman–Crippen LogP) is 3.14. The van der Waals surface area contributed by atoms with Gasteiger partial charge in [-0.05, 0) is 38.5 Å². The maximum atomic E-state index is 5.54. The lowest BCUT2D eigenvalue weighted by Gasteiger charge is -2.11. The van der Waals surface area contributed by atoms with Crippen LogP contribution in [0.3, 0.4) is 0 Å². The summed E-state index contributed by atoms with van der Waals surface area (Å²) in [7, 11) is 0. The highest BCUT2D eigenvalue weighted by atomic mass is 127. The number of halogens is 1. The summed E-state index contributed by atoms with van der Waals surface area (Å²) in [5.41, 5.74) is 2.00. The van der Waals surface area contributed by atoms with E-state index in [9.17, 15) is 0 Å². The largest absolute Gasteiger partial charge is 0.475 e. The third kappa shape index (κ3) is 8.15. The summed E-state index contributed by atoms with van der Waals surface area (Å²) in [4.78, 5) is 13.2. The van der Waals surface area contributed by atoms with Crippen LogP contribution < -0.4 is 15.4 Å². The third-order valence-corrected chi connectivity index (χ3v) is 3.08. The summed E-state index contributed by atoms with van der Waals surface area (Å²) >= 11 is 0. The SMILES string of the molecule is CCNC(=NCc1ccc(OC(C)C)nc1)NCc1ccccn1.I. The van der Waals surface area contributed by atoms with Crippen molar-refractivity contribution >= 4 is 29.9 Å². The fourth-order valence-electron chi connectivity index (χ4n) is 2.00. The van der Waals surface area contributed by atoms with Crippen LogP contribution in [0.4, 0.5) is 0 Å². The van der Waals surface area contributed by atoms with Gasteiger partial charge in [0.25, 0.3) is 0 Å². The number of ether oxygens (including phenoxy) is 1. The molecule has 0 aliphatic carbocycles. The zero-order valence-corrected chi connectivity index (χ0v) is 17.2. The molecule has 7 heteroatoms. The molecule has 25 heavy (non-hydrogen) atoms. The molecular formula is C18H26IN5O. The fraction of sp³-hybridized carbons (Fsp3) is 0.389. The Bertz CT molecular complexity index is 632. The number of hydrogen-bond donors (Lipinski definition) is 2. The van der Waals surface area contributed by atoms with Crippen LogP contribution in [0.25, 0.3) is 0 Å². The Morgan fingerprint density at radius 2 is 2.00 bits per heavy atom. The van der Waals surface area contributed by atoms with Gasteiger partial charge < -0.3 is 15.4 Å². The van der Waals surface area contributed by atoms with E-state index in [2.05, 4.69) is 25.6 Å². The van der Waals surface area contributed by atoms with E-state index in [0.29, 0.717) is 19.0 Å². The molecule has 136 valence electrons. The van der Waals surface area contributed by atoms with Gasteiger partial charge in [0.05, 0.1) is 24.9 Å². The van der Waals surface area contributed by atoms with Crippen molar-refractivity contribution in [1.29, 1.82) is 0 Å². The molecule has 2 rings (SSSR count). The number of nitrogens with one attached hydrogen (secondary N) is 2. The smallest absolute Gasteiger partial charge is 0.213 e. The first-order chi connectivity index (χ1) is 11.7. The lowest BCUT2D eigenvalue weighted by atomic mass is 10.3. The van der Waals surface area contributed by atoms with Crippen molar-refractivity contribution in [1.82, 2.24) is 20.6 Å². The number of hydrogen-bond acceptors (Lipinski definition) is 4. The summed E-state index contributed by atoms with van der Waals surface area (Å²) in [5.74, 6) is 1.39. The highest BCUT2D eigenvalue weighted by Crippen LogP contribution is 2.10. The lowest BCUT2D eigenvalue weighted by molar-refractivity contribution is 0.232. The van der Waals surface area contributed by atoms with E-state index in [1.54, 1.807) is 12.4 Å². The number of rotatable bonds is 7. The minimum atomic E-state index is 0. The Labute approximate surface area is 166 Å². The normalized spacial score (nSPS) is 11.0. The Balaban J connectivity index is 0.00000312. The van der Waals surface area contributed by atoms with Crippen LogP contribution in [0.5, 0.6) is 5.88 Å². The molecule has 0 aliphatic heterocycles. The molecule has 0 saturated heterocycles. The quantitative estimate of drug-likeness (QED) is 0.382. The van der Waals surface area contributed by atoms with Crippen molar-refractivity contribution in [2.45, 2.75) is 40.0 Å². The topological polar surface area (TPSA) is 71.4 Å². The minimum Gasteiger partial charge on any atom is -0.475 e. The Morgan fingerprint density at radius 3 is 2.60 bits per heavy atom. The van der Waals surface area contributed by atoms with Crippen molar-refractivity contribution in [2.75, 3.05) is 6.54 Å². The Morgan fingerprint density at radius 1 is 1.16 bits per heavy atom. The van der Waals surface area contributed by atoms with Crippen LogP contribution >= 0.6 is 24.0 Å². The molecular weight excluding hydrogens is 429 g/mol. The third-order valence-electron chi connectivity index (χ3n) is 3.08. The molecule has 2 N–H and O–H groups in total. The molecule has 0 spiro atoms. The van der Waals surface area contributed by atoms with Crippen LogP contribution in [-0.2, 0) is 13.1 Å². The van der Waals surface area contributed by atoms with Crippen molar-refractivity contribution in [3.8, 4) is 5.88 Å². The molecule has 0 aromatic carbocycles. The van der Waals surface area contributed by atoms with E-state index in [1.165, 1.54) is 0 Å². The lowest BCUT2D eigenvalue weighted by Crippen LogP contribution is -2.37. The zero-order chi connectivity index (χ0) is 17.2. The molecule has 2 aromatic heterocycles. The van der Waals surface area contributed by atoms with Crippen LogP contribution in [0, 0.1) is 0 Å². The summed E-state index contributed by atoms with van der Waals surface area (Å²) in [6.45, 7) is 7.98. The number of pyridine rings is 2. The van der Waals surface area contributed by atoms with Gasteiger partial charge in [-0.25, -0.2) is 9.98 Å². The van der Waals surface area contributed by atoms with Gasteiger partial charge in [-0.2, -0.15) is 0 Å². The molecule has 0 radical (unpaired) electrons. The molecule has 0 aliphatic rings. The maximum absolute atomic E-state index is 5.54. The molecule has 2 heterocycles. The van der Waals surface area contributed by atoms with E-state index < -0.39 is 0 Å². The minimum absolute atomic E-state index is 0. The zero-order valence-electron chi connectivity index (χ0n) is 14.9. The standard InChI is InChI=1S/C18H25N5O.HI/c1-4-19-18(23-13-16-7-5-6-10-20-16)22-12-15-8-9-17(21-11-15)24-14(2)3;/h5-11,14H,4,12-13H2,1-3H3,(H2,19,22,23);1H. The summed E-state index contributed by atoms with van der Waals surface area (Å²) < 4.78 is 5.54. The van der Waals surface area contributed by atoms with E-state index in [1.807, 2.05) is 51.1 Å². The van der Waals surface area contributed by atoms with E-state index >= 15 is 0 Å². The van der Waals surface area contributed by atoms with Crippen LogP contribution in [0.1, 0.15) is 32.0 Å². The highest BCUT2D eigenvalue weighted by Gasteiger charge is 2.01. The molecule has 0 saturated carbocycles. The second-order valence-electron chi connectivity index (χ2n) is 5.54. The van der Waals surface area contributed by atoms with Crippen LogP contribution in [0.2, 0.25) is 0 Å². The molecule has 0 unspecified atom stereocenters. The average molecular weight is 455 g/mol. The molecule has 0 bridgehead atoms. The number of aromatic nitrogens is 2. The van der Waals surface area contributed by atoms with Gasteiger partial charge in [0.1, 0.15) is 0 Å². The van der Waals surface area contributed by atoms with E-state index in [-0.39, 0.29) is 30.1 Å². The molecule has 0 fully saturated rings. The van der Waals surface area contributed by atoms with Gasteiger partial charge in [0.2, 0.25) is 5.88 Å². The monoisotopic (exact) mass is 455 g/mol. The van der Waals surface area contributed by atoms with Crippen molar-refractivity contribution < 1.29 is 4.74 Å². The molecule has 0 atom stereocenters. The number of nitrogens with zero attached hydrogens (tertiary/aromatic N) is 3. The second-order valence-corrected chi connectivity index (χ2v) is 5.54. The first-order valence-electron chi connectivity index (χ1n) is 8.21. The van der Waals surface area contributed by atoms with Gasteiger partial charge in [-0.3, -0.25) is 4.98 Å². The van der Waals surface area contributed by atoms with Gasteiger partial charge in [0.15, 0.2) is 5.96 Å². The summed E-state index contributed by atoms with van der Waals surface area (Å²) in [6.07, 6.45) is 3.70. The van der Waals surface area contributed by atoms with Crippen LogP contribution in [0.15, 0.2) is 47.7 Å². The maximum Gasteiger partial charge on any atom is 0.213 e. The summed E-state index contributed by atoms with van der Waals surface area (Å²) in [6, 6.07) is 9.71. The van der Waals surface area contributed by atoms with Crippen molar-refractivity contribution in [2.24, 2.45) is 4.99 Å². The van der Waals surface area contributed by atoms with Crippen molar-refractivity contribution in [3.05, 3.63) is 54.0 Å². The first-order valence-corrected chi connectivity index (χ1v) is 8.21. The van der Waals surface area contributed by atoms with Crippen LogP contribution in [-0.4, -0.2) is 28.6 Å². The Hall–Kier alpha value is -1.90. The Kier molecular flexibility index (Phi) is 9.83. The van der Waals surface area contributed by atoms with Gasteiger partial charge in [-0.15, -0.1) is 24.0 Å². The van der Waals surface area contributed by atoms with Gasteiger partial charge in [0, 0.05) is 25.0 Å². The van der Waals surface area contributed by atoms with E-state index in [0.717, 1.165) is 23.8 Å². The average Bonchev–Trinajstić information content (AvgIpc) is 2.59. The number of guanidine groups is 1. The fourth-order valence-corrected chi connectivity index (χ4v) is 2.00. The first kappa shape index (κ1) is 21.1. The molecule has 6 nitrogen and oxygen atoms in total. The molecule has 0 amide bonds. The van der Waals surface area contributed by atoms with E-state index in [4.69, 9.17) is 4.74 Å². The van der Waals surface area contributed by atoms with Gasteiger partial charge >= 0.3 is 0 Å². The second kappa shape index (κ2) is 11.6. The number of aliphatic imine (C=N–C) groups is 1. The van der Waals surface area contributed by atoms with Crippen molar-refractivity contribution in [3.63, 3.8) is 0 Å².